The van der Waals surface area contributed by atoms with E-state index in [-0.39, 0.29) is 5.41 Å². The van der Waals surface area contributed by atoms with Crippen LogP contribution in [0.25, 0.3) is 78.0 Å². The van der Waals surface area contributed by atoms with Crippen LogP contribution in [0, 0.1) is 0 Å². The van der Waals surface area contributed by atoms with Gasteiger partial charge >= 0.3 is 0 Å². The first-order valence-corrected chi connectivity index (χ1v) is 16.1. The lowest BCUT2D eigenvalue weighted by Crippen LogP contribution is -2.16. The summed E-state index contributed by atoms with van der Waals surface area (Å²) in [4.78, 5) is 15.6. The molecule has 1 aliphatic rings. The van der Waals surface area contributed by atoms with Crippen molar-refractivity contribution in [1.82, 2.24) is 15.0 Å². The summed E-state index contributed by atoms with van der Waals surface area (Å²) in [7, 11) is 0. The Bertz CT molecular complexity index is 2420. The van der Waals surface area contributed by atoms with Crippen LogP contribution in [0.4, 0.5) is 0 Å². The first-order chi connectivity index (χ1) is 23.1. The number of rotatable bonds is 4. The first-order valence-electron chi connectivity index (χ1n) is 16.1. The van der Waals surface area contributed by atoms with Crippen molar-refractivity contribution in [3.05, 3.63) is 163 Å². The molecule has 9 rings (SSSR count). The summed E-state index contributed by atoms with van der Waals surface area (Å²) in [6.45, 7) is 4.70. The Morgan fingerprint density at radius 2 is 1.06 bits per heavy atom. The van der Waals surface area contributed by atoms with E-state index in [0.717, 1.165) is 44.9 Å². The highest BCUT2D eigenvalue weighted by Crippen LogP contribution is 2.53. The van der Waals surface area contributed by atoms with Crippen molar-refractivity contribution in [2.75, 3.05) is 0 Å². The van der Waals surface area contributed by atoms with E-state index in [0.29, 0.717) is 5.82 Å². The fourth-order valence-electron chi connectivity index (χ4n) is 7.42. The van der Waals surface area contributed by atoms with Crippen LogP contribution in [0.3, 0.4) is 0 Å². The maximum atomic E-state index is 5.40. The second kappa shape index (κ2) is 10.6. The molecule has 0 radical (unpaired) electrons. The van der Waals surface area contributed by atoms with Gasteiger partial charge in [-0.1, -0.05) is 147 Å². The summed E-state index contributed by atoms with van der Waals surface area (Å²) in [6, 6.07) is 53.3. The molecule has 0 spiro atoms. The van der Waals surface area contributed by atoms with Crippen LogP contribution in [-0.4, -0.2) is 15.0 Å². The third-order valence-electron chi connectivity index (χ3n) is 9.64. The Morgan fingerprint density at radius 3 is 1.81 bits per heavy atom. The molecule has 3 nitrogen and oxygen atoms in total. The summed E-state index contributed by atoms with van der Waals surface area (Å²) in [5.41, 5.74) is 13.0. The molecule has 0 aliphatic heterocycles. The molecule has 6 aromatic carbocycles. The molecule has 0 N–H and O–H groups in total. The molecular weight excluding hydrogens is 571 g/mol. The van der Waals surface area contributed by atoms with E-state index in [2.05, 4.69) is 153 Å². The second-order valence-electron chi connectivity index (χ2n) is 12.8. The molecule has 1 aliphatic carbocycles. The van der Waals surface area contributed by atoms with Crippen molar-refractivity contribution in [3.63, 3.8) is 0 Å². The van der Waals surface area contributed by atoms with Crippen molar-refractivity contribution in [1.29, 1.82) is 0 Å². The predicted octanol–water partition coefficient (Wildman–Crippen LogP) is 11.2. The summed E-state index contributed by atoms with van der Waals surface area (Å²) in [5, 5.41) is 3.61. The van der Waals surface area contributed by atoms with Crippen molar-refractivity contribution in [2.24, 2.45) is 0 Å². The maximum absolute atomic E-state index is 5.40. The van der Waals surface area contributed by atoms with E-state index in [4.69, 9.17) is 15.0 Å². The van der Waals surface area contributed by atoms with E-state index in [1.807, 2.05) is 12.1 Å². The molecule has 222 valence electrons. The highest BCUT2D eigenvalue weighted by molar-refractivity contribution is 6.15. The van der Waals surface area contributed by atoms with Gasteiger partial charge in [-0.15, -0.1) is 0 Å². The van der Waals surface area contributed by atoms with Crippen LogP contribution in [-0.2, 0) is 5.41 Å². The average molecular weight is 602 g/mol. The van der Waals surface area contributed by atoms with Crippen molar-refractivity contribution < 1.29 is 0 Å². The Morgan fingerprint density at radius 1 is 0.447 bits per heavy atom. The number of benzene rings is 6. The van der Waals surface area contributed by atoms with E-state index in [9.17, 15) is 0 Å². The number of hydrogen-bond acceptors (Lipinski definition) is 3. The Labute approximate surface area is 274 Å². The van der Waals surface area contributed by atoms with Gasteiger partial charge in [0.1, 0.15) is 0 Å². The molecule has 3 heteroatoms. The first kappa shape index (κ1) is 27.4. The predicted molar refractivity (Wildman–Crippen MR) is 194 cm³/mol. The van der Waals surface area contributed by atoms with Crippen LogP contribution in [0.5, 0.6) is 0 Å². The normalized spacial score (nSPS) is 13.1. The van der Waals surface area contributed by atoms with Gasteiger partial charge in [-0.25, -0.2) is 15.0 Å². The van der Waals surface area contributed by atoms with Gasteiger partial charge in [0, 0.05) is 38.4 Å². The molecule has 0 unspecified atom stereocenters. The number of hydrogen-bond donors (Lipinski definition) is 0. The highest BCUT2D eigenvalue weighted by Gasteiger charge is 2.37. The molecule has 8 aromatic rings. The lowest BCUT2D eigenvalue weighted by Gasteiger charge is -2.25. The fourth-order valence-corrected chi connectivity index (χ4v) is 7.42. The zero-order chi connectivity index (χ0) is 31.5. The molecule has 0 amide bonds. The van der Waals surface area contributed by atoms with Gasteiger partial charge in [-0.3, -0.25) is 0 Å². The molecule has 0 saturated carbocycles. The molecule has 47 heavy (non-hydrogen) atoms. The minimum absolute atomic E-state index is 0.181. The van der Waals surface area contributed by atoms with E-state index in [1.165, 1.54) is 38.4 Å². The van der Waals surface area contributed by atoms with Crippen molar-refractivity contribution >= 4 is 21.7 Å². The van der Waals surface area contributed by atoms with Gasteiger partial charge in [-0.2, -0.15) is 0 Å². The summed E-state index contributed by atoms with van der Waals surface area (Å²) < 4.78 is 0. The molecule has 0 saturated heterocycles. The zero-order valence-corrected chi connectivity index (χ0v) is 26.3. The van der Waals surface area contributed by atoms with Crippen LogP contribution < -0.4 is 0 Å². The van der Waals surface area contributed by atoms with Gasteiger partial charge in [0.05, 0.1) is 22.6 Å². The zero-order valence-electron chi connectivity index (χ0n) is 26.3. The Balaban J connectivity index is 1.30. The molecule has 0 fully saturated rings. The molecule has 2 aromatic heterocycles. The largest absolute Gasteiger partial charge is 0.247 e. The molecule has 2 heterocycles. The summed E-state index contributed by atoms with van der Waals surface area (Å²) >= 11 is 0. The van der Waals surface area contributed by atoms with Crippen LogP contribution in [0.15, 0.2) is 152 Å². The fraction of sp³-hybridized carbons (Fsp3) is 0.0682. The number of para-hydroxylation sites is 1. The van der Waals surface area contributed by atoms with Gasteiger partial charge < -0.3 is 0 Å². The van der Waals surface area contributed by atoms with Gasteiger partial charge in [0.2, 0.25) is 0 Å². The lowest BCUT2D eigenvalue weighted by atomic mass is 9.79. The van der Waals surface area contributed by atoms with Gasteiger partial charge in [0.15, 0.2) is 5.82 Å². The van der Waals surface area contributed by atoms with Crippen LogP contribution >= 0.6 is 0 Å². The average Bonchev–Trinajstić information content (AvgIpc) is 3.38. The third kappa shape index (κ3) is 4.39. The van der Waals surface area contributed by atoms with E-state index < -0.39 is 0 Å². The minimum Gasteiger partial charge on any atom is -0.247 e. The number of aromatic nitrogens is 3. The highest BCUT2D eigenvalue weighted by atomic mass is 14.9. The molecule has 0 atom stereocenters. The van der Waals surface area contributed by atoms with Crippen molar-refractivity contribution in [2.45, 2.75) is 19.3 Å². The quantitative estimate of drug-likeness (QED) is 0.188. The Kier molecular flexibility index (Phi) is 6.16. The maximum Gasteiger partial charge on any atom is 0.160 e. The number of fused-ring (bicyclic) bond motifs is 7. The SMILES string of the molecule is CC1(C)c2ccccc2-c2ccc3c(c(-c4cccc(-c5nc(-c6ccccc6)cc(-c6ccccc6)n5)c4)nc4ccccc43)c21. The number of nitrogens with zero attached hydrogens (tertiary/aromatic N) is 3. The van der Waals surface area contributed by atoms with Crippen molar-refractivity contribution in [3.8, 4) is 56.3 Å². The van der Waals surface area contributed by atoms with E-state index in [1.54, 1.807) is 0 Å². The Hall–Kier alpha value is -5.93. The van der Waals surface area contributed by atoms with Gasteiger partial charge in [0.25, 0.3) is 0 Å². The monoisotopic (exact) mass is 601 g/mol. The molecule has 0 bridgehead atoms. The summed E-state index contributed by atoms with van der Waals surface area (Å²) in [6.07, 6.45) is 0. The third-order valence-corrected chi connectivity index (χ3v) is 9.64. The van der Waals surface area contributed by atoms with Crippen LogP contribution in [0.2, 0.25) is 0 Å². The topological polar surface area (TPSA) is 38.7 Å². The second-order valence-corrected chi connectivity index (χ2v) is 12.8. The van der Waals surface area contributed by atoms with E-state index >= 15 is 0 Å². The number of pyridine rings is 1. The minimum atomic E-state index is -0.181. The standard InChI is InChI=1S/C44H31N3/c1-44(2)36-22-11-9-20-32(36)35-25-24-34-33-21-10-12-23-37(33)45-42(40(34)41(35)44)30-18-13-19-31(26-30)43-46-38(28-14-5-3-6-15-28)27-39(47-43)29-16-7-4-8-17-29/h3-27H,1-2H3. The van der Waals surface area contributed by atoms with Gasteiger partial charge in [-0.05, 0) is 45.8 Å². The summed E-state index contributed by atoms with van der Waals surface area (Å²) in [5.74, 6) is 0.690. The molecular formula is C44H31N3. The smallest absolute Gasteiger partial charge is 0.160 e. The van der Waals surface area contributed by atoms with Crippen LogP contribution in [0.1, 0.15) is 25.0 Å². The lowest BCUT2D eigenvalue weighted by molar-refractivity contribution is 0.666.